The number of hydrogen-bond donors (Lipinski definition) is 8. The minimum Gasteiger partial charge on any atom is -0.480 e. The van der Waals surface area contributed by atoms with Crippen molar-refractivity contribution in [1.29, 1.82) is 0 Å². The zero-order valence-corrected chi connectivity index (χ0v) is 15.6. The second kappa shape index (κ2) is 11.4. The minimum atomic E-state index is -1.25. The zero-order valence-electron chi connectivity index (χ0n) is 12.9. The number of hydrogen-bond acceptors (Lipinski definition) is 8. The maximum Gasteiger partial charge on any atom is 0.327 e. The van der Waals surface area contributed by atoms with Crippen molar-refractivity contribution < 1.29 is 24.3 Å². The molecule has 3 amide bonds. The standard InChI is InChI=1S/C12H22N4O5S3/c1-5(13)9(17)14-6(2-22)10(18)15-7(3-23)11(19)16-8(4-24)12(20)21/h5-8,22-24H,2-4,13H2,1H3,(H,14,17)(H,15,18)(H,16,19)(H,20,21). The number of nitrogens with two attached hydrogens (primary N) is 1. The minimum absolute atomic E-state index is 0.0143. The topological polar surface area (TPSA) is 151 Å². The summed E-state index contributed by atoms with van der Waals surface area (Å²) < 4.78 is 0. The van der Waals surface area contributed by atoms with E-state index in [9.17, 15) is 19.2 Å². The molecule has 0 rings (SSSR count). The first kappa shape index (κ1) is 22.9. The highest BCUT2D eigenvalue weighted by atomic mass is 32.1. The predicted molar refractivity (Wildman–Crippen MR) is 98.6 cm³/mol. The number of aliphatic carboxylic acids is 1. The van der Waals surface area contributed by atoms with E-state index in [2.05, 4.69) is 53.8 Å². The van der Waals surface area contributed by atoms with Crippen LogP contribution in [0.2, 0.25) is 0 Å². The monoisotopic (exact) mass is 398 g/mol. The van der Waals surface area contributed by atoms with E-state index in [1.165, 1.54) is 6.92 Å². The highest BCUT2D eigenvalue weighted by Gasteiger charge is 2.28. The predicted octanol–water partition coefficient (Wildman–Crippen LogP) is -2.34. The summed E-state index contributed by atoms with van der Waals surface area (Å²) in [6, 6.07) is -4.09. The number of nitrogens with one attached hydrogen (secondary N) is 3. The molecule has 0 bridgehead atoms. The first-order chi connectivity index (χ1) is 11.2. The van der Waals surface area contributed by atoms with Gasteiger partial charge in [-0.15, -0.1) is 0 Å². The van der Waals surface area contributed by atoms with Crippen molar-refractivity contribution in [1.82, 2.24) is 16.0 Å². The maximum atomic E-state index is 12.1. The fraction of sp³-hybridized carbons (Fsp3) is 0.667. The van der Waals surface area contributed by atoms with Crippen LogP contribution in [-0.2, 0) is 19.2 Å². The van der Waals surface area contributed by atoms with E-state index in [1.54, 1.807) is 0 Å². The van der Waals surface area contributed by atoms with Gasteiger partial charge in [-0.3, -0.25) is 14.4 Å². The molecule has 0 aliphatic carbocycles. The molecule has 0 radical (unpaired) electrons. The number of carboxylic acids is 1. The number of rotatable bonds is 10. The Bertz CT molecular complexity index is 478. The Morgan fingerprint density at radius 1 is 0.833 bits per heavy atom. The Morgan fingerprint density at radius 3 is 1.46 bits per heavy atom. The number of carboxylic acid groups (broad SMARTS) is 1. The Kier molecular flexibility index (Phi) is 10.9. The van der Waals surface area contributed by atoms with Gasteiger partial charge in [0.05, 0.1) is 6.04 Å². The third kappa shape index (κ3) is 7.64. The summed E-state index contributed by atoms with van der Waals surface area (Å²) in [5.41, 5.74) is 5.41. The molecule has 0 saturated heterocycles. The molecule has 0 saturated carbocycles. The highest BCUT2D eigenvalue weighted by Crippen LogP contribution is 1.97. The van der Waals surface area contributed by atoms with Crippen LogP contribution in [-0.4, -0.2) is 70.2 Å². The fourth-order valence-electron chi connectivity index (χ4n) is 1.42. The molecule has 0 aliphatic heterocycles. The quantitative estimate of drug-likeness (QED) is 0.193. The smallest absolute Gasteiger partial charge is 0.327 e. The molecule has 9 nitrogen and oxygen atoms in total. The van der Waals surface area contributed by atoms with Crippen molar-refractivity contribution in [2.75, 3.05) is 17.3 Å². The summed E-state index contributed by atoms with van der Waals surface area (Å²) in [5.74, 6) is -3.38. The van der Waals surface area contributed by atoms with Gasteiger partial charge in [-0.05, 0) is 6.92 Å². The van der Waals surface area contributed by atoms with E-state index >= 15 is 0 Å². The molecule has 4 atom stereocenters. The van der Waals surface area contributed by atoms with Gasteiger partial charge < -0.3 is 26.8 Å². The molecular weight excluding hydrogens is 376 g/mol. The van der Waals surface area contributed by atoms with Gasteiger partial charge >= 0.3 is 5.97 Å². The van der Waals surface area contributed by atoms with E-state index in [1.807, 2.05) is 0 Å². The molecule has 0 aromatic carbocycles. The van der Waals surface area contributed by atoms with E-state index in [0.717, 1.165) is 0 Å². The van der Waals surface area contributed by atoms with Crippen molar-refractivity contribution in [3.05, 3.63) is 0 Å². The highest BCUT2D eigenvalue weighted by molar-refractivity contribution is 7.80. The lowest BCUT2D eigenvalue weighted by Crippen LogP contribution is -2.58. The summed E-state index contributed by atoms with van der Waals surface area (Å²) in [5, 5.41) is 15.9. The van der Waals surface area contributed by atoms with Gasteiger partial charge in [0, 0.05) is 17.3 Å². The summed E-state index contributed by atoms with van der Waals surface area (Å²) >= 11 is 11.8. The van der Waals surface area contributed by atoms with Crippen molar-refractivity contribution in [3.8, 4) is 0 Å². The second-order valence-corrected chi connectivity index (χ2v) is 5.95. The second-order valence-electron chi connectivity index (χ2n) is 4.86. The lowest BCUT2D eigenvalue weighted by Gasteiger charge is -2.22. The first-order valence-corrected chi connectivity index (χ1v) is 8.79. The Morgan fingerprint density at radius 2 is 1.17 bits per heavy atom. The maximum absolute atomic E-state index is 12.1. The summed E-state index contributed by atoms with van der Waals surface area (Å²) in [6.45, 7) is 1.45. The van der Waals surface area contributed by atoms with Crippen molar-refractivity contribution in [2.45, 2.75) is 31.1 Å². The van der Waals surface area contributed by atoms with E-state index in [4.69, 9.17) is 10.8 Å². The van der Waals surface area contributed by atoms with Gasteiger partial charge in [-0.25, -0.2) is 4.79 Å². The third-order valence-electron chi connectivity index (χ3n) is 2.84. The van der Waals surface area contributed by atoms with Crippen LogP contribution in [0.5, 0.6) is 0 Å². The molecule has 0 aromatic heterocycles. The molecule has 12 heteroatoms. The Hall–Kier alpha value is -1.11. The third-order valence-corrected chi connectivity index (χ3v) is 3.94. The van der Waals surface area contributed by atoms with E-state index in [0.29, 0.717) is 0 Å². The first-order valence-electron chi connectivity index (χ1n) is 6.89. The fourth-order valence-corrected chi connectivity index (χ4v) is 2.18. The van der Waals surface area contributed by atoms with Gasteiger partial charge in [0.2, 0.25) is 17.7 Å². The molecule has 0 aliphatic rings. The van der Waals surface area contributed by atoms with Crippen LogP contribution in [0.1, 0.15) is 6.92 Å². The van der Waals surface area contributed by atoms with Crippen molar-refractivity contribution in [2.24, 2.45) is 5.73 Å². The summed E-state index contributed by atoms with van der Waals surface area (Å²) in [4.78, 5) is 46.6. The Balaban J connectivity index is 4.83. The van der Waals surface area contributed by atoms with Gasteiger partial charge in [0.25, 0.3) is 0 Å². The number of thiol groups is 3. The molecule has 4 unspecified atom stereocenters. The average molecular weight is 399 g/mol. The van der Waals surface area contributed by atoms with Gasteiger partial charge in [-0.1, -0.05) is 0 Å². The SMILES string of the molecule is CC(N)C(=O)NC(CS)C(=O)NC(CS)C(=O)NC(CS)C(=O)O. The van der Waals surface area contributed by atoms with Crippen LogP contribution in [0.3, 0.4) is 0 Å². The van der Waals surface area contributed by atoms with E-state index in [-0.39, 0.29) is 17.3 Å². The normalized spacial score (nSPS) is 15.5. The molecule has 0 heterocycles. The van der Waals surface area contributed by atoms with Crippen LogP contribution in [0.25, 0.3) is 0 Å². The molecule has 0 aromatic rings. The average Bonchev–Trinajstić information content (AvgIpc) is 2.53. The van der Waals surface area contributed by atoms with Crippen molar-refractivity contribution >= 4 is 61.6 Å². The Labute approximate surface area is 156 Å². The van der Waals surface area contributed by atoms with Crippen LogP contribution in [0.4, 0.5) is 0 Å². The summed E-state index contributed by atoms with van der Waals surface area (Å²) in [6.07, 6.45) is 0. The number of amides is 3. The lowest BCUT2D eigenvalue weighted by molar-refractivity contribution is -0.141. The number of carbonyl (C=O) groups excluding carboxylic acids is 3. The zero-order chi connectivity index (χ0) is 18.9. The molecule has 6 N–H and O–H groups in total. The van der Waals surface area contributed by atoms with E-state index < -0.39 is 47.9 Å². The van der Waals surface area contributed by atoms with Crippen molar-refractivity contribution in [3.63, 3.8) is 0 Å². The number of carbonyl (C=O) groups is 4. The van der Waals surface area contributed by atoms with Crippen LogP contribution in [0, 0.1) is 0 Å². The molecule has 0 fully saturated rings. The molecular formula is C12H22N4O5S3. The van der Waals surface area contributed by atoms with Gasteiger partial charge in [-0.2, -0.15) is 37.9 Å². The van der Waals surface area contributed by atoms with Crippen LogP contribution < -0.4 is 21.7 Å². The molecule has 24 heavy (non-hydrogen) atoms. The lowest BCUT2D eigenvalue weighted by atomic mass is 10.2. The van der Waals surface area contributed by atoms with Crippen LogP contribution >= 0.6 is 37.9 Å². The van der Waals surface area contributed by atoms with Crippen LogP contribution in [0.15, 0.2) is 0 Å². The summed E-state index contributed by atoms with van der Waals surface area (Å²) in [7, 11) is 0. The largest absolute Gasteiger partial charge is 0.480 e. The van der Waals surface area contributed by atoms with Gasteiger partial charge in [0.15, 0.2) is 0 Å². The molecule has 0 spiro atoms. The van der Waals surface area contributed by atoms with Gasteiger partial charge in [0.1, 0.15) is 18.1 Å². The molecule has 138 valence electrons.